The zero-order chi connectivity index (χ0) is 115. The molecule has 0 spiro atoms. The molecule has 17 aromatic carbocycles. The summed E-state index contributed by atoms with van der Waals surface area (Å²) in [4.78, 5) is 0. The quantitative estimate of drug-likeness (QED) is 0.128. The van der Waals surface area contributed by atoms with Crippen LogP contribution in [0.1, 0.15) is 227 Å². The SMILES string of the molecule is CC(C)(C)c1c(-c2ccccc2)cccc1-c1ccccc1.CC(C)(C)c1cc(-c2ccccc2)cc(-c2ccccc2)c1.CC(C)(C)c1ccccc1.CC(C)(C)c1ccccc1-c1ccccc1.[2H]c1c([2H])c([2H])c(-c2cc(-c3c([2H])c([2H])c(C)c([2H])c3[2H])cc(C(C)(C)C)c2)c([2H])c1[2H].[2H]c1c([2H])c([2H])c(-c2cccc(-c3c([2H])c([2H])c([2H])c(C)c3[2H])c2C(C)(C)C)c([2H])c1[2H].[2H]c1c([2H])c([2H])c(-c2ccccc2C(C)(C)C)c([2H])c1[2H]. The Morgan fingerprint density at radius 1 is 0.159 bits per heavy atom. The van der Waals surface area contributed by atoms with Crippen LogP contribution in [0.3, 0.4) is 0 Å². The summed E-state index contributed by atoms with van der Waals surface area (Å²) in [6.45, 7) is 48.0. The molecule has 132 heavy (non-hydrogen) atoms. The van der Waals surface area contributed by atoms with Gasteiger partial charge in [-0.3, -0.25) is 0 Å². The summed E-state index contributed by atoms with van der Waals surface area (Å²) < 4.78 is 187. The smallest absolute Gasteiger partial charge is 0.0622 e. The van der Waals surface area contributed by atoms with Gasteiger partial charge in [0.2, 0.25) is 0 Å². The van der Waals surface area contributed by atoms with Gasteiger partial charge in [-0.15, -0.1) is 0 Å². The van der Waals surface area contributed by atoms with Crippen molar-refractivity contribution in [2.45, 2.75) is 197 Å². The average Bonchev–Trinajstić information content (AvgIpc) is 0.733. The van der Waals surface area contributed by atoms with Crippen molar-refractivity contribution in [3.63, 3.8) is 0 Å². The molecule has 0 heterocycles. The van der Waals surface area contributed by atoms with E-state index in [1.807, 2.05) is 86.6 Å². The highest BCUT2D eigenvalue weighted by Crippen LogP contribution is 2.44. The van der Waals surface area contributed by atoms with E-state index >= 15 is 0 Å². The molecule has 0 bridgehead atoms. The maximum Gasteiger partial charge on any atom is 0.0632 e. The number of hydrogen-bond donors (Lipinski definition) is 0. The van der Waals surface area contributed by atoms with E-state index in [1.54, 1.807) is 43.3 Å². The second-order valence-electron chi connectivity index (χ2n) is 40.1. The van der Waals surface area contributed by atoms with Crippen molar-refractivity contribution >= 4 is 0 Å². The van der Waals surface area contributed by atoms with E-state index in [2.05, 4.69) is 326 Å². The number of hydrogen-bond acceptors (Lipinski definition) is 0. The van der Waals surface area contributed by atoms with Gasteiger partial charge in [-0.2, -0.15) is 0 Å². The van der Waals surface area contributed by atoms with Crippen LogP contribution < -0.4 is 0 Å². The van der Waals surface area contributed by atoms with Crippen molar-refractivity contribution < 1.29 is 31.5 Å². The van der Waals surface area contributed by atoms with Gasteiger partial charge in [0.1, 0.15) is 0 Å². The van der Waals surface area contributed by atoms with Crippen LogP contribution >= 0.6 is 0 Å². The van der Waals surface area contributed by atoms with Gasteiger partial charge in [-0.05, 0) is 214 Å². The second kappa shape index (κ2) is 45.0. The summed E-state index contributed by atoms with van der Waals surface area (Å²) >= 11 is 0. The van der Waals surface area contributed by atoms with E-state index in [0.717, 1.165) is 11.1 Å². The fourth-order valence-electron chi connectivity index (χ4n) is 15.4. The highest BCUT2D eigenvalue weighted by atomic mass is 14.3. The molecule has 0 N–H and O–H groups in total. The average molecular weight is 1750 g/mol. The lowest BCUT2D eigenvalue weighted by molar-refractivity contribution is 0.590. The Hall–Kier alpha value is -13.3. The molecular formula is C132H142. The third kappa shape index (κ3) is 28.4. The Kier molecular flexibility index (Phi) is 24.4. The maximum absolute atomic E-state index is 8.59. The van der Waals surface area contributed by atoms with Crippen molar-refractivity contribution in [1.29, 1.82) is 0 Å². The molecule has 0 amide bonds. The minimum absolute atomic E-state index is 0.0280. The molecule has 0 fully saturated rings. The summed E-state index contributed by atoms with van der Waals surface area (Å²) in [6, 6.07) is 97.0. The molecule has 0 atom stereocenters. The predicted molar refractivity (Wildman–Crippen MR) is 580 cm³/mol. The van der Waals surface area contributed by atoms with Gasteiger partial charge in [-0.25, -0.2) is 0 Å². The zero-order valence-corrected chi connectivity index (χ0v) is 81.4. The molecule has 17 rings (SSSR count). The molecule has 0 heteroatoms. The van der Waals surface area contributed by atoms with Crippen molar-refractivity contribution in [3.8, 4) is 111 Å². The fraction of sp³-hybridized carbons (Fsp3) is 0.227. The molecule has 0 saturated carbocycles. The lowest BCUT2D eigenvalue weighted by atomic mass is 9.77. The monoisotopic (exact) mass is 1750 g/mol. The van der Waals surface area contributed by atoms with E-state index in [0.29, 0.717) is 38.8 Å². The van der Waals surface area contributed by atoms with Crippen molar-refractivity contribution in [1.82, 2.24) is 0 Å². The molecule has 0 aliphatic rings. The fourth-order valence-corrected chi connectivity index (χ4v) is 15.4. The van der Waals surface area contributed by atoms with Crippen LogP contribution in [0.2, 0.25) is 0 Å². The third-order valence-electron chi connectivity index (χ3n) is 22.2. The molecule has 0 aliphatic heterocycles. The van der Waals surface area contributed by atoms with Gasteiger partial charge in [0.15, 0.2) is 0 Å². The van der Waals surface area contributed by atoms with Gasteiger partial charge < -0.3 is 0 Å². The number of rotatable bonds is 10. The first-order chi connectivity index (χ1) is 72.4. The molecule has 17 aromatic rings. The Morgan fingerprint density at radius 3 is 0.750 bits per heavy atom. The Balaban J connectivity index is 0.000000175. The van der Waals surface area contributed by atoms with Gasteiger partial charge in [0.05, 0.1) is 31.5 Å². The van der Waals surface area contributed by atoms with Gasteiger partial charge in [-0.1, -0.05) is 587 Å². The highest BCUT2D eigenvalue weighted by molar-refractivity contribution is 5.83. The van der Waals surface area contributed by atoms with E-state index in [1.165, 1.54) is 84.8 Å². The Morgan fingerprint density at radius 2 is 0.417 bits per heavy atom. The minimum Gasteiger partial charge on any atom is -0.0622 e. The van der Waals surface area contributed by atoms with Crippen LogP contribution in [0.5, 0.6) is 0 Å². The first kappa shape index (κ1) is 71.5. The summed E-state index contributed by atoms with van der Waals surface area (Å²) in [5, 5.41) is 0. The molecule has 0 unspecified atom stereocenters. The van der Waals surface area contributed by atoms with Gasteiger partial charge in [0, 0.05) is 0 Å². The largest absolute Gasteiger partial charge is 0.0632 e. The van der Waals surface area contributed by atoms with E-state index in [-0.39, 0.29) is 169 Å². The maximum atomic E-state index is 8.59. The van der Waals surface area contributed by atoms with E-state index in [9.17, 15) is 0 Å². The minimum atomic E-state index is -0.594. The van der Waals surface area contributed by atoms with E-state index < -0.39 is 41.7 Å². The molecule has 0 radical (unpaired) electrons. The van der Waals surface area contributed by atoms with E-state index in [4.69, 9.17) is 31.5 Å². The molecular weight excluding hydrogens is 1590 g/mol. The summed E-state index contributed by atoms with van der Waals surface area (Å²) in [6.07, 6.45) is 0. The normalized spacial score (nSPS) is 13.9. The number of benzene rings is 17. The lowest BCUT2D eigenvalue weighted by Crippen LogP contribution is -2.14. The molecule has 0 aliphatic carbocycles. The van der Waals surface area contributed by atoms with Crippen molar-refractivity contribution in [3.05, 3.63) is 492 Å². The molecule has 0 aromatic heterocycles. The third-order valence-corrected chi connectivity index (χ3v) is 22.2. The first-order valence-electron chi connectivity index (χ1n) is 56.8. The summed E-state index contributed by atoms with van der Waals surface area (Å²) in [5.74, 6) is 0. The van der Waals surface area contributed by atoms with Crippen LogP contribution in [0.25, 0.3) is 111 Å². The van der Waals surface area contributed by atoms with Crippen LogP contribution in [-0.4, -0.2) is 0 Å². The molecule has 0 nitrogen and oxygen atoms in total. The molecule has 670 valence electrons. The Labute approximate surface area is 828 Å². The highest BCUT2D eigenvalue weighted by Gasteiger charge is 2.27. The summed E-state index contributed by atoms with van der Waals surface area (Å²) in [7, 11) is 0. The molecule has 0 saturated heterocycles. The Bertz CT molecular complexity index is 7460. The second-order valence-corrected chi connectivity index (χ2v) is 40.1. The van der Waals surface area contributed by atoms with Crippen LogP contribution in [0, 0.1) is 13.8 Å². The topological polar surface area (TPSA) is 0 Å². The van der Waals surface area contributed by atoms with Crippen LogP contribution in [-0.2, 0) is 37.9 Å². The van der Waals surface area contributed by atoms with Gasteiger partial charge >= 0.3 is 0 Å². The van der Waals surface area contributed by atoms with Crippen LogP contribution in [0.4, 0.5) is 0 Å². The van der Waals surface area contributed by atoms with Crippen molar-refractivity contribution in [2.24, 2.45) is 0 Å². The van der Waals surface area contributed by atoms with Crippen LogP contribution in [0.15, 0.2) is 442 Å². The predicted octanol–water partition coefficient (Wildman–Crippen LogP) is 38.2. The van der Waals surface area contributed by atoms with Gasteiger partial charge in [0.25, 0.3) is 0 Å². The summed E-state index contributed by atoms with van der Waals surface area (Å²) in [5.41, 5.74) is 24.0. The lowest BCUT2D eigenvalue weighted by Gasteiger charge is -2.27. The zero-order valence-electron chi connectivity index (χ0n) is 104. The standard InChI is InChI=1S/2C23H24.2C22H22.2C16H18.C10H14/c1-17-10-8-13-19(16-17)21-15-9-14-20(22(21)23(2,3)4)18-11-6-5-7-12-18;1-17-10-12-19(13-11-17)21-14-20(18-8-6-5-7-9-18)15-22(16-21)23(2,3)4;1-22(2,3)21-19(17-11-6-4-7-12-17)15-10-16-20(21)18-13-8-5-9-14-18;1-22(2,3)21-15-19(17-10-6-4-7-11-17)14-20(16-21)18-12-8-5-9-13-18;2*1-16(2,3)15-12-8-7-11-14(15)13-9-5-4-6-10-13;1-10(2,3)9-7-5-4-6-8-9/h2*5-16H,1-4H3;2*4-16H,1-3H3;2*4-12H,1-3H3;4-8H,1-3H3/i5D,6D,7D,8D,10D,11D,12D,13D,16D;5D,6D,7D,8D,9D,10D,11D,12D,13D;;;4D,5D,6D,9D,10D;;. The van der Waals surface area contributed by atoms with Crippen molar-refractivity contribution in [2.75, 3.05) is 0 Å². The first-order valence-corrected chi connectivity index (χ1v) is 45.3.